The Bertz CT molecular complexity index is 2620. The number of carbonyl (C=O) groups excluding carboxylic acids is 3. The van der Waals surface area contributed by atoms with Crippen LogP contribution in [-0.4, -0.2) is 121 Å². The molecule has 2 heterocycles. The van der Waals surface area contributed by atoms with E-state index < -0.39 is 5.91 Å². The molecule has 5 aromatic rings. The van der Waals surface area contributed by atoms with Crippen LogP contribution in [0.1, 0.15) is 85.1 Å². The molecule has 0 fully saturated rings. The number of nitrogens with zero attached hydrogens (tertiary/aromatic N) is 3. The number of nitriles is 1. The average Bonchev–Trinajstić information content (AvgIpc) is 3.84. The largest absolute Gasteiger partial charge is 0.491 e. The fraction of sp³-hybridized carbons (Fsp3) is 0.421. The van der Waals surface area contributed by atoms with E-state index in [0.29, 0.717) is 127 Å². The number of rotatable bonds is 32. The highest BCUT2D eigenvalue weighted by molar-refractivity contribution is 6.30. The quantitative estimate of drug-likeness (QED) is 0.0209. The second kappa shape index (κ2) is 31.3. The number of benzene rings is 4. The Hall–Kier alpha value is -6.62. The normalized spacial score (nSPS) is 14.7. The van der Waals surface area contributed by atoms with Crippen LogP contribution in [-0.2, 0) is 38.0 Å². The van der Waals surface area contributed by atoms with Crippen LogP contribution in [0, 0.1) is 18.3 Å². The van der Waals surface area contributed by atoms with Crippen LogP contribution in [0.4, 0.5) is 11.4 Å². The predicted molar refractivity (Wildman–Crippen MR) is 287 cm³/mol. The zero-order valence-electron chi connectivity index (χ0n) is 43.3. The summed E-state index contributed by atoms with van der Waals surface area (Å²) in [5.41, 5.74) is 6.88. The number of halogens is 1. The zero-order chi connectivity index (χ0) is 53.2. The van der Waals surface area contributed by atoms with Gasteiger partial charge in [-0.05, 0) is 110 Å². The third kappa shape index (κ3) is 18.9. The molecule has 1 aliphatic rings. The number of hydrogen-bond acceptors (Lipinski definition) is 14. The Balaban J connectivity index is 0.730. The smallest absolute Gasteiger partial charge is 0.262 e. The molecule has 6 rings (SSSR count). The number of nitrogens with one attached hydrogen (secondary N) is 3. The topological polar surface area (TPSA) is 205 Å². The molecule has 4 aromatic carbocycles. The monoisotopic (exact) mass is 1050 g/mol. The summed E-state index contributed by atoms with van der Waals surface area (Å²) >= 11 is 6.13. The molecule has 3 amide bonds. The Morgan fingerprint density at radius 2 is 1.37 bits per heavy atom. The van der Waals surface area contributed by atoms with E-state index >= 15 is 0 Å². The van der Waals surface area contributed by atoms with Crippen LogP contribution in [0.2, 0.25) is 5.02 Å². The molecule has 75 heavy (non-hydrogen) atoms. The summed E-state index contributed by atoms with van der Waals surface area (Å²) < 4.78 is 44.5. The summed E-state index contributed by atoms with van der Waals surface area (Å²) in [6.07, 6.45) is 3.66. The van der Waals surface area contributed by atoms with E-state index in [1.165, 1.54) is 6.08 Å². The molecule has 1 unspecified atom stereocenters. The van der Waals surface area contributed by atoms with Crippen molar-refractivity contribution >= 4 is 46.8 Å². The minimum atomic E-state index is -0.481. The number of aryl methyl sites for hydroxylation is 1. The van der Waals surface area contributed by atoms with Crippen molar-refractivity contribution in [3.05, 3.63) is 136 Å². The summed E-state index contributed by atoms with van der Waals surface area (Å²) in [5.74, 6) is 0.360. The van der Waals surface area contributed by atoms with E-state index in [9.17, 15) is 19.6 Å². The van der Waals surface area contributed by atoms with Crippen molar-refractivity contribution < 1.29 is 52.1 Å². The third-order valence-corrected chi connectivity index (χ3v) is 12.3. The molecule has 3 atom stereocenters. The van der Waals surface area contributed by atoms with Crippen molar-refractivity contribution in [2.45, 2.75) is 65.1 Å². The van der Waals surface area contributed by atoms with Gasteiger partial charge in [0.15, 0.2) is 5.76 Å². The predicted octanol–water partition coefficient (Wildman–Crippen LogP) is 9.07. The Labute approximate surface area is 444 Å². The molecule has 400 valence electrons. The van der Waals surface area contributed by atoms with E-state index in [-0.39, 0.29) is 35.5 Å². The maximum atomic E-state index is 12.9. The summed E-state index contributed by atoms with van der Waals surface area (Å²) in [7, 11) is 0. The molecule has 0 saturated heterocycles. The Kier molecular flexibility index (Phi) is 24.1. The number of hydrogen-bond donors (Lipinski definition) is 3. The second-order valence-electron chi connectivity index (χ2n) is 17.7. The van der Waals surface area contributed by atoms with Gasteiger partial charge in [0.25, 0.3) is 11.8 Å². The van der Waals surface area contributed by atoms with Crippen molar-refractivity contribution in [1.82, 2.24) is 15.8 Å². The highest BCUT2D eigenvalue weighted by Crippen LogP contribution is 2.41. The third-order valence-electron chi connectivity index (χ3n) is 12.0. The molecule has 18 heteroatoms. The fourth-order valence-corrected chi connectivity index (χ4v) is 8.49. The Morgan fingerprint density at radius 1 is 0.787 bits per heavy atom. The second-order valence-corrected chi connectivity index (χ2v) is 18.2. The maximum absolute atomic E-state index is 12.9. The van der Waals surface area contributed by atoms with Gasteiger partial charge in [-0.25, -0.2) is 0 Å². The van der Waals surface area contributed by atoms with Crippen LogP contribution >= 0.6 is 11.6 Å². The lowest BCUT2D eigenvalue weighted by atomic mass is 9.88. The fourth-order valence-electron chi connectivity index (χ4n) is 8.37. The van der Waals surface area contributed by atoms with E-state index in [0.717, 1.165) is 46.5 Å². The molecular formula is C57H69ClN6O11. The molecular weight excluding hydrogens is 980 g/mol. The van der Waals surface area contributed by atoms with Crippen LogP contribution in [0.3, 0.4) is 0 Å². The molecule has 0 bridgehead atoms. The van der Waals surface area contributed by atoms with Gasteiger partial charge < -0.3 is 58.5 Å². The van der Waals surface area contributed by atoms with Gasteiger partial charge in [0.05, 0.1) is 97.1 Å². The van der Waals surface area contributed by atoms with E-state index in [1.807, 2.05) is 103 Å². The van der Waals surface area contributed by atoms with Crippen molar-refractivity contribution in [3.8, 4) is 22.9 Å². The first-order valence-electron chi connectivity index (χ1n) is 25.4. The number of carbonyl (C=O) groups is 3. The van der Waals surface area contributed by atoms with E-state index in [4.69, 9.17) is 49.3 Å². The van der Waals surface area contributed by atoms with Crippen molar-refractivity contribution in [2.75, 3.05) is 103 Å². The number of ether oxygens (including phenoxy) is 7. The molecule has 1 aromatic heterocycles. The number of aromatic nitrogens is 1. The van der Waals surface area contributed by atoms with Crippen LogP contribution in [0.15, 0.2) is 107 Å². The first kappa shape index (κ1) is 57.7. The van der Waals surface area contributed by atoms with Crippen molar-refractivity contribution in [1.29, 1.82) is 5.26 Å². The van der Waals surface area contributed by atoms with Gasteiger partial charge >= 0.3 is 0 Å². The van der Waals surface area contributed by atoms with Gasteiger partial charge in [0, 0.05) is 53.6 Å². The molecule has 0 saturated carbocycles. The summed E-state index contributed by atoms with van der Waals surface area (Å²) in [5, 5.41) is 23.5. The Morgan fingerprint density at radius 3 is 1.93 bits per heavy atom. The summed E-state index contributed by atoms with van der Waals surface area (Å²) in [6.45, 7) is 13.2. The van der Waals surface area contributed by atoms with E-state index in [1.54, 1.807) is 19.9 Å². The zero-order valence-corrected chi connectivity index (χ0v) is 44.0. The van der Waals surface area contributed by atoms with Gasteiger partial charge in [0.1, 0.15) is 24.0 Å². The number of amides is 3. The SMILES string of the molecule is CCCC(NC(=O)/C(C#N)=C/c1cc(C)no1)c1ccc(OCCOCCOCCOCCOCCOCCOCCNC(=O)c2ccc(-c3ccc4c(c3)[C@H](Nc3ccc(Cl)cc3)C[C@H](C)N4C(C)=O)cc2)cc1. The van der Waals surface area contributed by atoms with Crippen molar-refractivity contribution in [2.24, 2.45) is 0 Å². The highest BCUT2D eigenvalue weighted by Gasteiger charge is 2.33. The molecule has 1 aliphatic heterocycles. The van der Waals surface area contributed by atoms with Gasteiger partial charge in [0.2, 0.25) is 5.91 Å². The highest BCUT2D eigenvalue weighted by atomic mass is 35.5. The van der Waals surface area contributed by atoms with Crippen LogP contribution in [0.25, 0.3) is 17.2 Å². The summed E-state index contributed by atoms with van der Waals surface area (Å²) in [4.78, 5) is 40.3. The minimum absolute atomic E-state index is 0.00466. The van der Waals surface area contributed by atoms with E-state index in [2.05, 4.69) is 34.1 Å². The molecule has 3 N–H and O–H groups in total. The van der Waals surface area contributed by atoms with Crippen LogP contribution < -0.4 is 25.6 Å². The first-order chi connectivity index (χ1) is 36.5. The number of fused-ring (bicyclic) bond motifs is 1. The summed E-state index contributed by atoms with van der Waals surface area (Å²) in [6, 6.07) is 32.1. The van der Waals surface area contributed by atoms with Gasteiger partial charge in [-0.3, -0.25) is 14.4 Å². The lowest BCUT2D eigenvalue weighted by Gasteiger charge is -2.39. The standard InChI is InChI=1S/C57H69ClN6O11/c1-5-6-53(62-57(67)47(39-59)37-51-35-40(2)63-75-51)44-11-18-50(19-12-44)74-34-33-73-32-31-72-30-29-71-28-27-70-26-25-69-24-23-68-22-21-60-56(66)45-9-7-43(8-10-45)46-13-20-55-52(38-46)54(36-41(3)64(55)42(4)65)61-49-16-14-48(58)15-17-49/h7-20,35,37-38,41,53-54,61H,5-6,21-34,36H2,1-4H3,(H,60,66)(H,62,67)/b47-37+/t41-,53?,54+/m0/s1. The molecule has 0 radical (unpaired) electrons. The molecule has 0 aliphatic carbocycles. The van der Waals surface area contributed by atoms with Gasteiger partial charge in [-0.2, -0.15) is 5.26 Å². The maximum Gasteiger partial charge on any atom is 0.262 e. The van der Waals surface area contributed by atoms with Gasteiger partial charge in [-0.15, -0.1) is 0 Å². The van der Waals surface area contributed by atoms with Gasteiger partial charge in [-0.1, -0.05) is 60.4 Å². The number of anilines is 2. The molecule has 17 nitrogen and oxygen atoms in total. The lowest BCUT2D eigenvalue weighted by molar-refractivity contribution is -0.118. The molecule has 0 spiro atoms. The average molecular weight is 1050 g/mol. The lowest BCUT2D eigenvalue weighted by Crippen LogP contribution is -2.43. The minimum Gasteiger partial charge on any atom is -0.491 e. The van der Waals surface area contributed by atoms with Crippen molar-refractivity contribution in [3.63, 3.8) is 0 Å². The van der Waals surface area contributed by atoms with Crippen LogP contribution in [0.5, 0.6) is 5.75 Å². The first-order valence-corrected chi connectivity index (χ1v) is 25.8.